The van der Waals surface area contributed by atoms with Crippen molar-refractivity contribution in [2.24, 2.45) is 21.4 Å². The molecule has 0 aliphatic heterocycles. The molecule has 0 aliphatic rings. The van der Waals surface area contributed by atoms with Crippen LogP contribution in [-0.2, 0) is 21.1 Å². The van der Waals surface area contributed by atoms with Crippen LogP contribution in [0.4, 0.5) is 0 Å². The van der Waals surface area contributed by atoms with Gasteiger partial charge in [-0.15, -0.1) is 21.4 Å². The van der Waals surface area contributed by atoms with E-state index in [4.69, 9.17) is 40.5 Å². The fraction of sp³-hybridized carbons (Fsp3) is 0. The second-order valence-electron chi connectivity index (χ2n) is 0.298. The van der Waals surface area contributed by atoms with Gasteiger partial charge in [-0.25, -0.2) is 0 Å². The third-order valence-corrected chi connectivity index (χ3v) is 0. The summed E-state index contributed by atoms with van der Waals surface area (Å²) >= 11 is 2.50. The van der Waals surface area contributed by atoms with Gasteiger partial charge in [0.25, 0.3) is 0 Å². The summed E-state index contributed by atoms with van der Waals surface area (Å²) in [5.41, 5.74) is 0. The summed E-state index contributed by atoms with van der Waals surface area (Å²) in [6.07, 6.45) is 0. The first kappa shape index (κ1) is 36.0. The second-order valence-corrected chi connectivity index (χ2v) is 0.298. The molecule has 15 heteroatoms. The Balaban J connectivity index is -0.0000000167. The minimum atomic E-state index is 0. The molecule has 0 aromatic rings. The van der Waals surface area contributed by atoms with Gasteiger partial charge >= 0.3 is 63.2 Å². The Hall–Kier alpha value is 1.56. The Labute approximate surface area is 142 Å². The predicted molar refractivity (Wildman–Crippen MR) is 48.2 cm³/mol. The van der Waals surface area contributed by atoms with E-state index in [2.05, 4.69) is 0 Å². The van der Waals surface area contributed by atoms with Gasteiger partial charge in [-0.1, -0.05) is 0 Å². The van der Waals surface area contributed by atoms with E-state index in [-0.39, 0.29) is 21.1 Å². The van der Waals surface area contributed by atoms with Gasteiger partial charge in [-0.3, -0.25) is 0 Å². The Morgan fingerprint density at radius 3 is 0.600 bits per heavy atom. The molecule has 0 rings (SSSR count). The molecule has 84 valence electrons. The van der Waals surface area contributed by atoms with Crippen molar-refractivity contribution in [2.75, 3.05) is 0 Å². The smallest absolute Gasteiger partial charge is 0 e. The maximum Gasteiger partial charge on any atom is 0 e. The van der Waals surface area contributed by atoms with Gasteiger partial charge in [0, 0.05) is 21.1 Å². The van der Waals surface area contributed by atoms with Crippen LogP contribution in [0.5, 0.6) is 0 Å². The molecule has 12 nitrogen and oxygen atoms in total. The van der Waals surface area contributed by atoms with Crippen LogP contribution in [0.15, 0.2) is 21.4 Å². The first-order valence-electron chi connectivity index (χ1n) is 2.46. The number of hydrogen-bond acceptors (Lipinski definition) is 12. The maximum atomic E-state index is 8.00. The molecule has 0 amide bonds. The molecule has 0 N–H and O–H groups in total. The van der Waals surface area contributed by atoms with Crippen LogP contribution in [0.1, 0.15) is 0 Å². The Morgan fingerprint density at radius 2 is 0.600 bits per heavy atom. The van der Waals surface area contributed by atoms with E-state index < -0.39 is 0 Å². The SMILES string of the molecule is O=N[O-].O=N[O-].O=N[O-].O=N[O-].[K][K].[Pt]. The molecule has 0 saturated carbocycles. The van der Waals surface area contributed by atoms with Gasteiger partial charge < -0.3 is 40.5 Å². The van der Waals surface area contributed by atoms with Crippen molar-refractivity contribution in [3.05, 3.63) is 40.5 Å². The van der Waals surface area contributed by atoms with E-state index >= 15 is 0 Å². The van der Waals surface area contributed by atoms with Crippen molar-refractivity contribution < 1.29 is 21.1 Å². The van der Waals surface area contributed by atoms with Gasteiger partial charge in [0.15, 0.2) is 0 Å². The third kappa shape index (κ3) is 1170. The molecule has 0 unspecified atom stereocenters. The molecule has 0 aliphatic carbocycles. The number of rotatable bonds is 0. The summed E-state index contributed by atoms with van der Waals surface area (Å²) in [6.45, 7) is 0. The number of nitrogens with zero attached hydrogens (tertiary/aromatic N) is 4. The van der Waals surface area contributed by atoms with Crippen LogP contribution in [0, 0.1) is 40.5 Å². The van der Waals surface area contributed by atoms with Gasteiger partial charge in [0.05, 0.1) is 0 Å². The fourth-order valence-corrected chi connectivity index (χ4v) is 0. The monoisotopic (exact) mass is 457 g/mol. The molecule has 0 radical (unpaired) electrons. The van der Waals surface area contributed by atoms with Crippen LogP contribution < -0.4 is 0 Å². The summed E-state index contributed by atoms with van der Waals surface area (Å²) in [5, 5.41) is 36.0. The van der Waals surface area contributed by atoms with Crippen LogP contribution in [0.3, 0.4) is 0 Å². The molecule has 0 aromatic heterocycles. The first-order valence-corrected chi connectivity index (χ1v) is 18.5. The average Bonchev–Trinajstić information content (AvgIpc) is 2.12. The molecule has 0 bridgehead atoms. The molecule has 0 atom stereocenters. The van der Waals surface area contributed by atoms with Gasteiger partial charge in [-0.05, 0) is 0 Å². The van der Waals surface area contributed by atoms with E-state index in [1.54, 1.807) is 0 Å². The fourth-order valence-electron chi connectivity index (χ4n) is 0. The summed E-state index contributed by atoms with van der Waals surface area (Å²) in [5.74, 6) is 0. The summed E-state index contributed by atoms with van der Waals surface area (Å²) in [4.78, 5) is 32.0. The van der Waals surface area contributed by atoms with E-state index in [0.29, 0.717) is 0 Å². The van der Waals surface area contributed by atoms with Crippen LogP contribution in [0.2, 0.25) is 0 Å². The normalized spacial score (nSPS) is 3.73. The van der Waals surface area contributed by atoms with Crippen LogP contribution in [0.25, 0.3) is 0 Å². The Bertz CT molecular complexity index is 78.6. The van der Waals surface area contributed by atoms with Gasteiger partial charge in [0.1, 0.15) is 0 Å². The van der Waals surface area contributed by atoms with Gasteiger partial charge in [-0.2, -0.15) is 0 Å². The van der Waals surface area contributed by atoms with Gasteiger partial charge in [0.2, 0.25) is 0 Å². The van der Waals surface area contributed by atoms with Crippen molar-refractivity contribution in [3.8, 4) is 0 Å². The zero-order valence-electron chi connectivity index (χ0n) is 7.37. The standard InChI is InChI=1S/2K.4HNO2.Pt/c;;4*2-1-3;/h;;4*(H,2,3);/p-4. The second kappa shape index (κ2) is 107. The van der Waals surface area contributed by atoms with Crippen molar-refractivity contribution >= 4 is 63.2 Å². The zero-order valence-corrected chi connectivity index (χ0v) is 15.9. The van der Waals surface area contributed by atoms with Crippen LogP contribution in [-0.4, -0.2) is 63.2 Å². The van der Waals surface area contributed by atoms with Crippen molar-refractivity contribution in [1.82, 2.24) is 0 Å². The number of hydrogen-bond donors (Lipinski definition) is 0. The molecule has 0 fully saturated rings. The predicted octanol–water partition coefficient (Wildman–Crippen LogP) is 0.238. The maximum absolute atomic E-state index is 8.00. The van der Waals surface area contributed by atoms with Crippen molar-refractivity contribution in [2.45, 2.75) is 0 Å². The zero-order chi connectivity index (χ0) is 12.8. The largest absolute Gasteiger partial charge is 0 e. The first-order chi connectivity index (χ1) is 6.66. The third-order valence-electron chi connectivity index (χ3n) is 0. The minimum absolute atomic E-state index is 0. The Kier molecular flexibility index (Phi) is 256. The average molecular weight is 457 g/mol. The van der Waals surface area contributed by atoms with E-state index in [1.165, 1.54) is 63.2 Å². The van der Waals surface area contributed by atoms with E-state index in [1.807, 2.05) is 0 Å². The summed E-state index contributed by atoms with van der Waals surface area (Å²) in [6, 6.07) is 0. The Morgan fingerprint density at radius 1 is 0.600 bits per heavy atom. The van der Waals surface area contributed by atoms with E-state index in [9.17, 15) is 0 Å². The molecule has 0 aromatic carbocycles. The molecule has 15 heavy (non-hydrogen) atoms. The molecule has 0 heterocycles. The molecular formula is K2N4O8Pt-4. The molecule has 0 spiro atoms. The van der Waals surface area contributed by atoms with Crippen molar-refractivity contribution in [1.29, 1.82) is 0 Å². The molecular weight excluding hydrogens is 457 g/mol. The topological polar surface area (TPSA) is 210 Å². The van der Waals surface area contributed by atoms with E-state index in [0.717, 1.165) is 21.4 Å². The summed E-state index contributed by atoms with van der Waals surface area (Å²) in [7, 11) is 0. The van der Waals surface area contributed by atoms with Crippen LogP contribution >= 0.6 is 0 Å². The quantitative estimate of drug-likeness (QED) is 0.278. The molecule has 0 saturated heterocycles. The summed E-state index contributed by atoms with van der Waals surface area (Å²) < 4.78 is 0. The minimum Gasteiger partial charge on any atom is 0 e. The van der Waals surface area contributed by atoms with Crippen molar-refractivity contribution in [3.63, 3.8) is 0 Å².